The van der Waals surface area contributed by atoms with E-state index in [0.717, 1.165) is 38.6 Å². The predicted octanol–water partition coefficient (Wildman–Crippen LogP) is 1.65. The lowest BCUT2D eigenvalue weighted by Gasteiger charge is -2.27. The second-order valence-corrected chi connectivity index (χ2v) is 5.96. The van der Waals surface area contributed by atoms with Crippen molar-refractivity contribution < 1.29 is 4.79 Å². The minimum atomic E-state index is -0.216. The summed E-state index contributed by atoms with van der Waals surface area (Å²) in [6.45, 7) is 1.08. The Morgan fingerprint density at radius 3 is 2.95 bits per heavy atom. The van der Waals surface area contributed by atoms with Gasteiger partial charge in [-0.25, -0.2) is 0 Å². The Morgan fingerprint density at radius 1 is 1.33 bits per heavy atom. The zero-order valence-corrected chi connectivity index (χ0v) is 12.2. The Kier molecular flexibility index (Phi) is 4.21. The van der Waals surface area contributed by atoms with Gasteiger partial charge in [0.05, 0.1) is 12.6 Å². The highest BCUT2D eigenvalue weighted by Crippen LogP contribution is 2.21. The number of hydrogen-bond acceptors (Lipinski definition) is 3. The van der Waals surface area contributed by atoms with Crippen LogP contribution in [0.5, 0.6) is 0 Å². The summed E-state index contributed by atoms with van der Waals surface area (Å²) in [5.74, 6) is 0.0675. The van der Waals surface area contributed by atoms with Crippen molar-refractivity contribution >= 4 is 5.91 Å². The van der Waals surface area contributed by atoms with Crippen molar-refractivity contribution in [1.29, 1.82) is 5.26 Å². The topological polar surface area (TPSA) is 56.1 Å². The molecule has 4 heteroatoms. The largest absolute Gasteiger partial charge is 0.326 e. The van der Waals surface area contributed by atoms with Gasteiger partial charge in [0.15, 0.2) is 0 Å². The number of nitrogens with one attached hydrogen (secondary N) is 1. The molecule has 3 rings (SSSR count). The smallest absolute Gasteiger partial charge is 0.237 e. The van der Waals surface area contributed by atoms with Gasteiger partial charge in [0.2, 0.25) is 5.91 Å². The maximum atomic E-state index is 12.2. The summed E-state index contributed by atoms with van der Waals surface area (Å²) in [4.78, 5) is 13.9. The summed E-state index contributed by atoms with van der Waals surface area (Å²) in [5, 5.41) is 12.4. The van der Waals surface area contributed by atoms with Gasteiger partial charge < -0.3 is 10.2 Å². The van der Waals surface area contributed by atoms with E-state index in [0.29, 0.717) is 12.6 Å². The van der Waals surface area contributed by atoms with E-state index in [-0.39, 0.29) is 11.9 Å². The van der Waals surface area contributed by atoms with E-state index in [1.807, 2.05) is 0 Å². The Bertz CT molecular complexity index is 563. The molecule has 0 saturated carbocycles. The third kappa shape index (κ3) is 3.08. The SMILES string of the molecule is N#C[C@@H]1CCCN1C(=O)CNC1CCc2ccccc2C1. The highest BCUT2D eigenvalue weighted by molar-refractivity contribution is 5.79. The summed E-state index contributed by atoms with van der Waals surface area (Å²) in [6, 6.07) is 10.9. The lowest BCUT2D eigenvalue weighted by atomic mass is 9.88. The lowest BCUT2D eigenvalue weighted by molar-refractivity contribution is -0.130. The molecule has 1 amide bonds. The van der Waals surface area contributed by atoms with Crippen LogP contribution >= 0.6 is 0 Å². The molecule has 1 aliphatic heterocycles. The van der Waals surface area contributed by atoms with Gasteiger partial charge in [-0.15, -0.1) is 0 Å². The van der Waals surface area contributed by atoms with Crippen molar-refractivity contribution in [3.05, 3.63) is 35.4 Å². The van der Waals surface area contributed by atoms with Crippen LogP contribution < -0.4 is 5.32 Å². The van der Waals surface area contributed by atoms with Crippen molar-refractivity contribution in [3.63, 3.8) is 0 Å². The van der Waals surface area contributed by atoms with Crippen molar-refractivity contribution in [2.45, 2.75) is 44.2 Å². The maximum absolute atomic E-state index is 12.2. The molecular formula is C17H21N3O. The number of carbonyl (C=O) groups excluding carboxylic acids is 1. The number of carbonyl (C=O) groups is 1. The molecule has 21 heavy (non-hydrogen) atoms. The number of nitriles is 1. The molecule has 1 aromatic rings. The number of nitrogens with zero attached hydrogens (tertiary/aromatic N) is 2. The van der Waals surface area contributed by atoms with E-state index in [2.05, 4.69) is 35.7 Å². The molecule has 2 aliphatic rings. The van der Waals surface area contributed by atoms with Gasteiger partial charge in [0.25, 0.3) is 0 Å². The van der Waals surface area contributed by atoms with E-state index >= 15 is 0 Å². The molecule has 1 N–H and O–H groups in total. The first kappa shape index (κ1) is 14.1. The molecule has 1 fully saturated rings. The average molecular weight is 283 g/mol. The van der Waals surface area contributed by atoms with Gasteiger partial charge in [0.1, 0.15) is 6.04 Å². The fourth-order valence-corrected chi connectivity index (χ4v) is 3.40. The first-order chi connectivity index (χ1) is 10.3. The first-order valence-electron chi connectivity index (χ1n) is 7.77. The van der Waals surface area contributed by atoms with Crippen LogP contribution in [0.4, 0.5) is 0 Å². The molecule has 1 saturated heterocycles. The summed E-state index contributed by atoms with van der Waals surface area (Å²) >= 11 is 0. The van der Waals surface area contributed by atoms with Gasteiger partial charge in [0, 0.05) is 12.6 Å². The lowest BCUT2D eigenvalue weighted by Crippen LogP contribution is -2.44. The number of aryl methyl sites for hydroxylation is 1. The zero-order chi connectivity index (χ0) is 14.7. The van der Waals surface area contributed by atoms with E-state index in [9.17, 15) is 4.79 Å². The van der Waals surface area contributed by atoms with E-state index in [4.69, 9.17) is 5.26 Å². The highest BCUT2D eigenvalue weighted by atomic mass is 16.2. The molecule has 0 aromatic heterocycles. The van der Waals surface area contributed by atoms with Gasteiger partial charge in [-0.3, -0.25) is 4.79 Å². The fraction of sp³-hybridized carbons (Fsp3) is 0.529. The number of amides is 1. The number of fused-ring (bicyclic) bond motifs is 1. The van der Waals surface area contributed by atoms with Crippen LogP contribution in [-0.4, -0.2) is 36.0 Å². The van der Waals surface area contributed by atoms with Crippen molar-refractivity contribution in [2.75, 3.05) is 13.1 Å². The Labute approximate surface area is 125 Å². The van der Waals surface area contributed by atoms with Gasteiger partial charge in [-0.1, -0.05) is 24.3 Å². The van der Waals surface area contributed by atoms with Gasteiger partial charge in [-0.05, 0) is 43.2 Å². The van der Waals surface area contributed by atoms with Crippen LogP contribution in [-0.2, 0) is 17.6 Å². The fourth-order valence-electron chi connectivity index (χ4n) is 3.40. The van der Waals surface area contributed by atoms with E-state index in [1.54, 1.807) is 4.90 Å². The zero-order valence-electron chi connectivity index (χ0n) is 12.2. The third-order valence-electron chi connectivity index (χ3n) is 4.61. The molecule has 1 aliphatic carbocycles. The summed E-state index contributed by atoms with van der Waals surface area (Å²) < 4.78 is 0. The summed E-state index contributed by atoms with van der Waals surface area (Å²) in [7, 11) is 0. The molecule has 1 heterocycles. The standard InChI is InChI=1S/C17H21N3O/c18-11-16-6-3-9-20(16)17(21)12-19-15-8-7-13-4-1-2-5-14(13)10-15/h1-2,4-5,15-16,19H,3,6-10,12H2/t15?,16-/m0/s1. The normalized spacial score (nSPS) is 24.4. The molecule has 1 aromatic carbocycles. The Balaban J connectivity index is 1.52. The van der Waals surface area contributed by atoms with Crippen molar-refractivity contribution in [1.82, 2.24) is 10.2 Å². The Morgan fingerprint density at radius 2 is 2.14 bits per heavy atom. The average Bonchev–Trinajstić information content (AvgIpc) is 3.01. The van der Waals surface area contributed by atoms with Crippen LogP contribution in [0, 0.1) is 11.3 Å². The van der Waals surface area contributed by atoms with Crippen molar-refractivity contribution in [2.24, 2.45) is 0 Å². The maximum Gasteiger partial charge on any atom is 0.237 e. The van der Waals surface area contributed by atoms with E-state index < -0.39 is 0 Å². The highest BCUT2D eigenvalue weighted by Gasteiger charge is 2.28. The van der Waals surface area contributed by atoms with Crippen LogP contribution in [0.2, 0.25) is 0 Å². The quantitative estimate of drug-likeness (QED) is 0.917. The molecule has 2 atom stereocenters. The van der Waals surface area contributed by atoms with E-state index in [1.165, 1.54) is 11.1 Å². The number of benzene rings is 1. The minimum absolute atomic E-state index is 0.0675. The van der Waals surface area contributed by atoms with Crippen molar-refractivity contribution in [3.8, 4) is 6.07 Å². The summed E-state index contributed by atoms with van der Waals surface area (Å²) in [5.41, 5.74) is 2.83. The van der Waals surface area contributed by atoms with Crippen LogP contribution in [0.25, 0.3) is 0 Å². The Hall–Kier alpha value is -1.86. The number of hydrogen-bond donors (Lipinski definition) is 1. The molecule has 1 unspecified atom stereocenters. The second-order valence-electron chi connectivity index (χ2n) is 5.96. The van der Waals surface area contributed by atoms with Gasteiger partial charge in [-0.2, -0.15) is 5.26 Å². The second kappa shape index (κ2) is 6.28. The molecule has 0 radical (unpaired) electrons. The predicted molar refractivity (Wildman–Crippen MR) is 80.6 cm³/mol. The molecular weight excluding hydrogens is 262 g/mol. The van der Waals surface area contributed by atoms with Crippen LogP contribution in [0.15, 0.2) is 24.3 Å². The van der Waals surface area contributed by atoms with Crippen LogP contribution in [0.3, 0.4) is 0 Å². The molecule has 4 nitrogen and oxygen atoms in total. The molecule has 110 valence electrons. The molecule has 0 bridgehead atoms. The van der Waals surface area contributed by atoms with Gasteiger partial charge >= 0.3 is 0 Å². The monoisotopic (exact) mass is 283 g/mol. The molecule has 0 spiro atoms. The number of rotatable bonds is 3. The summed E-state index contributed by atoms with van der Waals surface area (Å²) in [6.07, 6.45) is 4.91. The minimum Gasteiger partial charge on any atom is -0.326 e. The van der Waals surface area contributed by atoms with Crippen LogP contribution in [0.1, 0.15) is 30.4 Å². The first-order valence-corrected chi connectivity index (χ1v) is 7.77. The third-order valence-corrected chi connectivity index (χ3v) is 4.61. The number of likely N-dealkylation sites (tertiary alicyclic amines) is 1.